The summed E-state index contributed by atoms with van der Waals surface area (Å²) in [5.74, 6) is -1.05. The molecule has 6 heteroatoms. The molecule has 0 radical (unpaired) electrons. The lowest BCUT2D eigenvalue weighted by atomic mass is 10.0. The molecule has 0 unspecified atom stereocenters. The average molecular weight is 445 g/mol. The van der Waals surface area contributed by atoms with Crippen molar-refractivity contribution in [2.75, 3.05) is 6.61 Å². The van der Waals surface area contributed by atoms with Crippen LogP contribution in [0.25, 0.3) is 0 Å². The van der Waals surface area contributed by atoms with Crippen LogP contribution in [0.15, 0.2) is 0 Å². The first-order valence-corrected chi connectivity index (χ1v) is 14.2. The second-order valence-electron chi connectivity index (χ2n) is 10.2. The van der Waals surface area contributed by atoms with Crippen LogP contribution in [0.2, 0.25) is 16.6 Å². The molecule has 1 aliphatic rings. The standard InChI is InChI=1S/C24H48O5Si/c1-11-26-23(25)22-21(27-24(9,10)28-22)16-14-12-13-15-20(8)29-30(17(2)3,18(4)5)19(6)7/h17-22H,11-16H2,1-10H3/t20-,21+,22-/m1/s1. The lowest BCUT2D eigenvalue weighted by Gasteiger charge is -2.44. The van der Waals surface area contributed by atoms with Gasteiger partial charge in [-0.1, -0.05) is 60.8 Å². The minimum absolute atomic E-state index is 0.226. The Hall–Kier alpha value is -0.433. The molecule has 1 saturated heterocycles. The molecule has 0 aromatic rings. The molecule has 0 spiro atoms. The second-order valence-corrected chi connectivity index (χ2v) is 15.6. The molecule has 0 bridgehead atoms. The molecule has 30 heavy (non-hydrogen) atoms. The number of unbranched alkanes of at least 4 members (excludes halogenated alkanes) is 2. The molecule has 0 aromatic carbocycles. The van der Waals surface area contributed by atoms with Crippen LogP contribution < -0.4 is 0 Å². The molecular weight excluding hydrogens is 396 g/mol. The molecule has 1 aliphatic heterocycles. The van der Waals surface area contributed by atoms with Crippen LogP contribution in [0.5, 0.6) is 0 Å². The van der Waals surface area contributed by atoms with Crippen molar-refractivity contribution in [1.29, 1.82) is 0 Å². The van der Waals surface area contributed by atoms with Crippen LogP contribution in [-0.2, 0) is 23.4 Å². The minimum Gasteiger partial charge on any atom is -0.464 e. The molecule has 3 atom stereocenters. The number of hydrogen-bond donors (Lipinski definition) is 0. The van der Waals surface area contributed by atoms with E-state index < -0.39 is 20.2 Å². The predicted molar refractivity (Wildman–Crippen MR) is 125 cm³/mol. The number of hydrogen-bond acceptors (Lipinski definition) is 5. The Labute approximate surface area is 186 Å². The van der Waals surface area contributed by atoms with Gasteiger partial charge >= 0.3 is 5.97 Å². The van der Waals surface area contributed by atoms with Crippen LogP contribution in [0.1, 0.15) is 101 Å². The lowest BCUT2D eigenvalue weighted by molar-refractivity contribution is -0.170. The topological polar surface area (TPSA) is 54.0 Å². The van der Waals surface area contributed by atoms with E-state index in [1.165, 1.54) is 0 Å². The Bertz CT molecular complexity index is 496. The van der Waals surface area contributed by atoms with Gasteiger partial charge in [0.15, 0.2) is 11.9 Å². The van der Waals surface area contributed by atoms with Crippen molar-refractivity contribution in [3.63, 3.8) is 0 Å². The van der Waals surface area contributed by atoms with Crippen molar-refractivity contribution in [2.45, 2.75) is 142 Å². The van der Waals surface area contributed by atoms with Gasteiger partial charge in [-0.15, -0.1) is 0 Å². The fraction of sp³-hybridized carbons (Fsp3) is 0.958. The first kappa shape index (κ1) is 27.6. The maximum atomic E-state index is 12.2. The van der Waals surface area contributed by atoms with Gasteiger partial charge < -0.3 is 18.6 Å². The Morgan fingerprint density at radius 3 is 2.00 bits per heavy atom. The molecule has 0 aromatic heterocycles. The van der Waals surface area contributed by atoms with Gasteiger partial charge in [0.25, 0.3) is 0 Å². The van der Waals surface area contributed by atoms with Crippen molar-refractivity contribution in [2.24, 2.45) is 0 Å². The molecule has 1 heterocycles. The van der Waals surface area contributed by atoms with Crippen LogP contribution in [0.3, 0.4) is 0 Å². The Kier molecular flexibility index (Phi) is 11.0. The molecule has 0 saturated carbocycles. The summed E-state index contributed by atoms with van der Waals surface area (Å²) in [5, 5.41) is 0. The predicted octanol–water partition coefficient (Wildman–Crippen LogP) is 6.60. The summed E-state index contributed by atoms with van der Waals surface area (Å²) in [6, 6.07) is 0. The van der Waals surface area contributed by atoms with E-state index in [9.17, 15) is 4.79 Å². The molecule has 5 nitrogen and oxygen atoms in total. The second kappa shape index (κ2) is 12.0. The van der Waals surface area contributed by atoms with Gasteiger partial charge in [-0.2, -0.15) is 0 Å². The van der Waals surface area contributed by atoms with E-state index in [1.807, 2.05) is 20.8 Å². The molecule has 0 aliphatic carbocycles. The summed E-state index contributed by atoms with van der Waals surface area (Å²) in [6.07, 6.45) is 4.58. The van der Waals surface area contributed by atoms with Gasteiger partial charge in [-0.3, -0.25) is 0 Å². The Morgan fingerprint density at radius 2 is 1.50 bits per heavy atom. The normalized spacial score (nSPS) is 22.8. The smallest absolute Gasteiger partial charge is 0.338 e. The first-order valence-electron chi connectivity index (χ1n) is 12.1. The molecule has 1 fully saturated rings. The Balaban J connectivity index is 2.48. The quantitative estimate of drug-likeness (QED) is 0.182. The van der Waals surface area contributed by atoms with Gasteiger partial charge in [0.05, 0.1) is 12.7 Å². The highest BCUT2D eigenvalue weighted by Gasteiger charge is 2.46. The SMILES string of the molecule is CCOC(=O)[C@@H]1OC(C)(C)O[C@H]1CCCCC[C@@H](C)O[Si](C(C)C)(C(C)C)C(C)C. The Morgan fingerprint density at radius 1 is 0.933 bits per heavy atom. The maximum Gasteiger partial charge on any atom is 0.338 e. The van der Waals surface area contributed by atoms with Crippen LogP contribution in [0.4, 0.5) is 0 Å². The largest absolute Gasteiger partial charge is 0.464 e. The highest BCUT2D eigenvalue weighted by Crippen LogP contribution is 2.43. The molecule has 1 rings (SSSR count). The van der Waals surface area contributed by atoms with Crippen LogP contribution in [0, 0.1) is 0 Å². The number of rotatable bonds is 13. The third kappa shape index (κ3) is 7.32. The third-order valence-corrected chi connectivity index (χ3v) is 12.6. The van der Waals surface area contributed by atoms with Gasteiger partial charge in [-0.25, -0.2) is 4.79 Å². The van der Waals surface area contributed by atoms with E-state index in [-0.39, 0.29) is 12.1 Å². The van der Waals surface area contributed by atoms with E-state index in [2.05, 4.69) is 48.5 Å². The minimum atomic E-state index is -1.81. The fourth-order valence-electron chi connectivity index (χ4n) is 5.24. The summed E-state index contributed by atoms with van der Waals surface area (Å²) >= 11 is 0. The average Bonchev–Trinajstić information content (AvgIpc) is 2.93. The summed E-state index contributed by atoms with van der Waals surface area (Å²) < 4.78 is 23.7. The molecule has 0 amide bonds. The summed E-state index contributed by atoms with van der Waals surface area (Å²) in [6.45, 7) is 22.1. The summed E-state index contributed by atoms with van der Waals surface area (Å²) in [7, 11) is -1.81. The van der Waals surface area contributed by atoms with E-state index in [0.29, 0.717) is 29.3 Å². The number of esters is 1. The third-order valence-electron chi connectivity index (χ3n) is 6.41. The molecule has 0 N–H and O–H groups in total. The van der Waals surface area contributed by atoms with Crippen molar-refractivity contribution < 1.29 is 23.4 Å². The van der Waals surface area contributed by atoms with E-state index in [4.69, 9.17) is 18.6 Å². The lowest BCUT2D eigenvalue weighted by Crippen LogP contribution is -2.49. The van der Waals surface area contributed by atoms with Crippen molar-refractivity contribution in [1.82, 2.24) is 0 Å². The van der Waals surface area contributed by atoms with Gasteiger partial charge in [0.1, 0.15) is 0 Å². The number of ether oxygens (including phenoxy) is 3. The van der Waals surface area contributed by atoms with Crippen molar-refractivity contribution >= 4 is 14.3 Å². The molecular formula is C24H48O5Si. The maximum absolute atomic E-state index is 12.2. The fourth-order valence-corrected chi connectivity index (χ4v) is 10.9. The van der Waals surface area contributed by atoms with Crippen LogP contribution in [-0.4, -0.2) is 45.0 Å². The van der Waals surface area contributed by atoms with Crippen molar-refractivity contribution in [3.05, 3.63) is 0 Å². The first-order chi connectivity index (χ1) is 13.9. The van der Waals surface area contributed by atoms with Crippen molar-refractivity contribution in [3.8, 4) is 0 Å². The highest BCUT2D eigenvalue weighted by atomic mass is 28.4. The monoisotopic (exact) mass is 444 g/mol. The van der Waals surface area contributed by atoms with E-state index in [1.54, 1.807) is 0 Å². The van der Waals surface area contributed by atoms with Gasteiger partial charge in [0, 0.05) is 6.10 Å². The number of carbonyl (C=O) groups is 1. The zero-order valence-electron chi connectivity index (χ0n) is 21.2. The van der Waals surface area contributed by atoms with E-state index in [0.717, 1.165) is 32.1 Å². The van der Waals surface area contributed by atoms with Gasteiger partial charge in [0.2, 0.25) is 8.32 Å². The van der Waals surface area contributed by atoms with Gasteiger partial charge in [-0.05, 0) is 57.2 Å². The zero-order chi connectivity index (χ0) is 23.1. The number of carbonyl (C=O) groups excluding carboxylic acids is 1. The highest BCUT2D eigenvalue weighted by molar-refractivity contribution is 6.77. The summed E-state index contributed by atoms with van der Waals surface area (Å²) in [5.41, 5.74) is 1.84. The zero-order valence-corrected chi connectivity index (χ0v) is 22.2. The summed E-state index contributed by atoms with van der Waals surface area (Å²) in [4.78, 5) is 12.2. The van der Waals surface area contributed by atoms with E-state index >= 15 is 0 Å². The van der Waals surface area contributed by atoms with Crippen LogP contribution >= 0.6 is 0 Å². The molecule has 178 valence electrons.